The number of aromatic amines is 1. The van der Waals surface area contributed by atoms with E-state index in [4.69, 9.17) is 14.5 Å². The molecule has 2 saturated heterocycles. The number of ether oxygens (including phenoxy) is 2. The number of aryl methyl sites for hydroxylation is 1. The third-order valence-corrected chi connectivity index (χ3v) is 4.57. The Kier molecular flexibility index (Phi) is 4.81. The largest absolute Gasteiger partial charge is 0.378 e. The molecule has 2 fully saturated rings. The quantitative estimate of drug-likeness (QED) is 0.832. The Morgan fingerprint density at radius 2 is 1.46 bits per heavy atom. The molecule has 0 aromatic carbocycles. The van der Waals surface area contributed by atoms with E-state index in [1.807, 2.05) is 6.92 Å². The van der Waals surface area contributed by atoms with Crippen LogP contribution in [0.3, 0.4) is 0 Å². The second-order valence-electron chi connectivity index (χ2n) is 6.35. The van der Waals surface area contributed by atoms with Gasteiger partial charge in [0.05, 0.1) is 26.4 Å². The van der Waals surface area contributed by atoms with Gasteiger partial charge in [0.1, 0.15) is 0 Å². The predicted octanol–water partition coefficient (Wildman–Crippen LogP) is 0.209. The van der Waals surface area contributed by atoms with Gasteiger partial charge >= 0.3 is 0 Å². The minimum absolute atomic E-state index is 0.137. The predicted molar refractivity (Wildman–Crippen MR) is 96.7 cm³/mol. The number of aromatic nitrogens is 4. The molecule has 0 radical (unpaired) electrons. The number of nitrogens with zero attached hydrogens (tertiary/aromatic N) is 5. The fourth-order valence-corrected chi connectivity index (χ4v) is 3.10. The molecule has 138 valence electrons. The number of H-pyrrole nitrogens is 1. The molecule has 0 bridgehead atoms. The van der Waals surface area contributed by atoms with Crippen molar-refractivity contribution in [2.24, 2.45) is 0 Å². The second kappa shape index (κ2) is 7.38. The van der Waals surface area contributed by atoms with Crippen LogP contribution in [0.25, 0.3) is 11.4 Å². The first kappa shape index (κ1) is 16.9. The summed E-state index contributed by atoms with van der Waals surface area (Å²) in [6, 6.07) is 1.56. The van der Waals surface area contributed by atoms with Crippen LogP contribution in [0.2, 0.25) is 0 Å². The molecule has 9 nitrogen and oxygen atoms in total. The van der Waals surface area contributed by atoms with Gasteiger partial charge in [0.15, 0.2) is 5.82 Å². The van der Waals surface area contributed by atoms with E-state index in [0.29, 0.717) is 44.1 Å². The molecule has 2 aliphatic heterocycles. The summed E-state index contributed by atoms with van der Waals surface area (Å²) in [5.74, 6) is 1.85. The van der Waals surface area contributed by atoms with Crippen LogP contribution in [-0.4, -0.2) is 72.5 Å². The van der Waals surface area contributed by atoms with Gasteiger partial charge in [0.25, 0.3) is 0 Å². The van der Waals surface area contributed by atoms with Crippen LogP contribution < -0.4 is 15.4 Å². The van der Waals surface area contributed by atoms with Crippen molar-refractivity contribution in [1.29, 1.82) is 0 Å². The van der Waals surface area contributed by atoms with Crippen molar-refractivity contribution in [1.82, 2.24) is 19.9 Å². The maximum absolute atomic E-state index is 11.5. The molecule has 0 saturated carbocycles. The van der Waals surface area contributed by atoms with Gasteiger partial charge in [0.2, 0.25) is 17.5 Å². The second-order valence-corrected chi connectivity index (χ2v) is 6.35. The lowest BCUT2D eigenvalue weighted by atomic mass is 10.1. The normalized spacial score (nSPS) is 18.2. The Labute approximate surface area is 151 Å². The van der Waals surface area contributed by atoms with Crippen LogP contribution in [0, 0.1) is 6.92 Å². The van der Waals surface area contributed by atoms with E-state index in [0.717, 1.165) is 37.3 Å². The van der Waals surface area contributed by atoms with Crippen LogP contribution in [0.5, 0.6) is 0 Å². The van der Waals surface area contributed by atoms with E-state index in [-0.39, 0.29) is 5.56 Å². The first-order valence-corrected chi connectivity index (χ1v) is 8.82. The molecular formula is C17H22N6O3. The lowest BCUT2D eigenvalue weighted by Gasteiger charge is -2.30. The Bertz CT molecular complexity index is 791. The highest BCUT2D eigenvalue weighted by Gasteiger charge is 2.21. The molecular weight excluding hydrogens is 336 g/mol. The Hall–Kier alpha value is -2.52. The van der Waals surface area contributed by atoms with Crippen molar-refractivity contribution in [3.63, 3.8) is 0 Å². The Morgan fingerprint density at radius 3 is 1.96 bits per heavy atom. The van der Waals surface area contributed by atoms with E-state index in [2.05, 4.69) is 24.8 Å². The van der Waals surface area contributed by atoms with Crippen LogP contribution in [-0.2, 0) is 9.47 Å². The van der Waals surface area contributed by atoms with E-state index < -0.39 is 0 Å². The van der Waals surface area contributed by atoms with Crippen molar-refractivity contribution < 1.29 is 9.47 Å². The highest BCUT2D eigenvalue weighted by Crippen LogP contribution is 2.23. The van der Waals surface area contributed by atoms with E-state index >= 15 is 0 Å². The van der Waals surface area contributed by atoms with Crippen LogP contribution in [0.15, 0.2) is 17.1 Å². The third-order valence-electron chi connectivity index (χ3n) is 4.57. The summed E-state index contributed by atoms with van der Waals surface area (Å²) in [4.78, 5) is 32.5. The zero-order chi connectivity index (χ0) is 17.9. The highest BCUT2D eigenvalue weighted by atomic mass is 16.5. The van der Waals surface area contributed by atoms with E-state index in [9.17, 15) is 4.79 Å². The zero-order valence-corrected chi connectivity index (χ0v) is 14.8. The molecule has 2 aliphatic rings. The summed E-state index contributed by atoms with van der Waals surface area (Å²) in [6.07, 6.45) is 1.67. The topological polar surface area (TPSA) is 96.5 Å². The lowest BCUT2D eigenvalue weighted by molar-refractivity contribution is 0.121. The van der Waals surface area contributed by atoms with Crippen LogP contribution in [0.4, 0.5) is 11.9 Å². The average molecular weight is 358 g/mol. The average Bonchev–Trinajstić information content (AvgIpc) is 2.69. The number of pyridine rings is 1. The van der Waals surface area contributed by atoms with E-state index in [1.54, 1.807) is 12.3 Å². The van der Waals surface area contributed by atoms with Gasteiger partial charge < -0.3 is 24.3 Å². The summed E-state index contributed by atoms with van der Waals surface area (Å²) in [7, 11) is 0. The van der Waals surface area contributed by atoms with Gasteiger partial charge in [-0.1, -0.05) is 0 Å². The molecule has 9 heteroatoms. The van der Waals surface area contributed by atoms with Crippen molar-refractivity contribution in [2.75, 3.05) is 62.4 Å². The molecule has 2 aromatic heterocycles. The fraction of sp³-hybridized carbons (Fsp3) is 0.529. The number of morpholine rings is 2. The molecule has 26 heavy (non-hydrogen) atoms. The van der Waals surface area contributed by atoms with Gasteiger partial charge in [0, 0.05) is 44.0 Å². The molecule has 0 unspecified atom stereocenters. The number of nitrogens with one attached hydrogen (secondary N) is 1. The minimum Gasteiger partial charge on any atom is -0.378 e. The number of anilines is 2. The summed E-state index contributed by atoms with van der Waals surface area (Å²) < 4.78 is 10.9. The summed E-state index contributed by atoms with van der Waals surface area (Å²) in [5, 5.41) is 0. The van der Waals surface area contributed by atoms with Gasteiger partial charge in [-0.25, -0.2) is 0 Å². The fourth-order valence-electron chi connectivity index (χ4n) is 3.10. The first-order valence-electron chi connectivity index (χ1n) is 8.82. The maximum atomic E-state index is 11.5. The van der Waals surface area contributed by atoms with Gasteiger partial charge in [-0.05, 0) is 12.5 Å². The summed E-state index contributed by atoms with van der Waals surface area (Å²) >= 11 is 0. The minimum atomic E-state index is -0.137. The molecule has 0 spiro atoms. The Morgan fingerprint density at radius 1 is 0.923 bits per heavy atom. The SMILES string of the molecule is Cc1cc(=O)[nH]cc1-c1nc(N2CCOCC2)nc(N2CCOCC2)n1. The lowest BCUT2D eigenvalue weighted by Crippen LogP contribution is -2.40. The zero-order valence-electron chi connectivity index (χ0n) is 14.8. The number of rotatable bonds is 3. The third kappa shape index (κ3) is 3.54. The van der Waals surface area contributed by atoms with Gasteiger partial charge in [-0.3, -0.25) is 4.79 Å². The summed E-state index contributed by atoms with van der Waals surface area (Å²) in [5.41, 5.74) is 1.50. The van der Waals surface area contributed by atoms with Gasteiger partial charge in [-0.15, -0.1) is 0 Å². The molecule has 2 aromatic rings. The highest BCUT2D eigenvalue weighted by molar-refractivity contribution is 5.61. The standard InChI is InChI=1S/C17H22N6O3/c1-12-10-14(24)18-11-13(12)15-19-16(22-2-6-25-7-3-22)21-17(20-15)23-4-8-26-9-5-23/h10-11H,2-9H2,1H3,(H,18,24). The molecule has 4 heterocycles. The van der Waals surface area contributed by atoms with Crippen molar-refractivity contribution in [2.45, 2.75) is 6.92 Å². The van der Waals surface area contributed by atoms with E-state index in [1.165, 1.54) is 0 Å². The first-order chi connectivity index (χ1) is 12.7. The molecule has 0 amide bonds. The molecule has 4 rings (SSSR count). The van der Waals surface area contributed by atoms with Crippen molar-refractivity contribution in [3.05, 3.63) is 28.2 Å². The van der Waals surface area contributed by atoms with Crippen molar-refractivity contribution in [3.8, 4) is 11.4 Å². The van der Waals surface area contributed by atoms with Gasteiger partial charge in [-0.2, -0.15) is 15.0 Å². The van der Waals surface area contributed by atoms with Crippen LogP contribution in [0.1, 0.15) is 5.56 Å². The smallest absolute Gasteiger partial charge is 0.248 e. The molecule has 0 aliphatic carbocycles. The molecule has 0 atom stereocenters. The Balaban J connectivity index is 1.77. The number of hydrogen-bond donors (Lipinski definition) is 1. The van der Waals surface area contributed by atoms with Crippen LogP contribution >= 0.6 is 0 Å². The van der Waals surface area contributed by atoms with Crippen molar-refractivity contribution >= 4 is 11.9 Å². The number of hydrogen-bond acceptors (Lipinski definition) is 8. The molecule has 1 N–H and O–H groups in total. The maximum Gasteiger partial charge on any atom is 0.248 e. The monoisotopic (exact) mass is 358 g/mol. The summed E-state index contributed by atoms with van der Waals surface area (Å²) in [6.45, 7) is 7.51.